The number of rotatable bonds is 6. The van der Waals surface area contributed by atoms with Crippen LogP contribution in [0.5, 0.6) is 5.75 Å². The van der Waals surface area contributed by atoms with Gasteiger partial charge in [-0.3, -0.25) is 19.3 Å². The molecule has 2 aliphatic heterocycles. The molecule has 1 aromatic rings. The molecule has 0 spiro atoms. The van der Waals surface area contributed by atoms with E-state index in [0.29, 0.717) is 24.4 Å². The number of likely N-dealkylation sites (tertiary alicyclic amines) is 1. The van der Waals surface area contributed by atoms with E-state index in [9.17, 15) is 19.2 Å². The van der Waals surface area contributed by atoms with E-state index in [2.05, 4.69) is 0 Å². The van der Waals surface area contributed by atoms with Crippen molar-refractivity contribution in [2.24, 2.45) is 0 Å². The maximum absolute atomic E-state index is 12.6. The smallest absolute Gasteiger partial charge is 0.341 e. The Balaban J connectivity index is 1.63. The molecule has 29 heavy (non-hydrogen) atoms. The molecule has 0 radical (unpaired) electrons. The van der Waals surface area contributed by atoms with Crippen LogP contribution in [0.4, 0.5) is 4.79 Å². The topological polar surface area (TPSA) is 104 Å². The Morgan fingerprint density at radius 1 is 1.07 bits per heavy atom. The van der Waals surface area contributed by atoms with Gasteiger partial charge in [-0.25, -0.2) is 4.79 Å². The molecule has 2 fully saturated rings. The van der Waals surface area contributed by atoms with Crippen molar-refractivity contribution in [3.63, 3.8) is 0 Å². The molecule has 3 rings (SSSR count). The molecule has 1 aromatic carbocycles. The van der Waals surface area contributed by atoms with Crippen molar-refractivity contribution < 1.29 is 29.0 Å². The summed E-state index contributed by atoms with van der Waals surface area (Å²) in [4.78, 5) is 50.9. The van der Waals surface area contributed by atoms with Crippen LogP contribution in [-0.4, -0.2) is 64.2 Å². The normalized spacial score (nSPS) is 18.8. The van der Waals surface area contributed by atoms with E-state index < -0.39 is 23.7 Å². The molecule has 2 aliphatic rings. The average molecular weight is 418 g/mol. The molecule has 0 atom stereocenters. The minimum Gasteiger partial charge on any atom is -0.482 e. The number of carboxylic acid groups (broad SMARTS) is 1. The van der Waals surface area contributed by atoms with Gasteiger partial charge in [0, 0.05) is 13.1 Å². The summed E-state index contributed by atoms with van der Waals surface area (Å²) in [6, 6.07) is 6.49. The molecule has 1 N–H and O–H groups in total. The fourth-order valence-corrected chi connectivity index (χ4v) is 3.99. The first-order valence-corrected chi connectivity index (χ1v) is 10.2. The first-order valence-electron chi connectivity index (χ1n) is 9.42. The van der Waals surface area contributed by atoms with Crippen LogP contribution in [0.25, 0.3) is 6.08 Å². The summed E-state index contributed by atoms with van der Waals surface area (Å²) >= 11 is 0.807. The predicted molar refractivity (Wildman–Crippen MR) is 107 cm³/mol. The number of carboxylic acids is 1. The predicted octanol–water partition coefficient (Wildman–Crippen LogP) is 2.59. The van der Waals surface area contributed by atoms with Crippen LogP contribution < -0.4 is 4.74 Å². The fourth-order valence-electron chi connectivity index (χ4n) is 3.15. The maximum atomic E-state index is 12.6. The van der Waals surface area contributed by atoms with E-state index in [-0.39, 0.29) is 17.4 Å². The third-order valence-corrected chi connectivity index (χ3v) is 5.57. The Morgan fingerprint density at radius 2 is 1.72 bits per heavy atom. The van der Waals surface area contributed by atoms with Crippen molar-refractivity contribution in [3.05, 3.63) is 34.7 Å². The Labute approximate surface area is 172 Å². The largest absolute Gasteiger partial charge is 0.482 e. The highest BCUT2D eigenvalue weighted by Crippen LogP contribution is 2.32. The maximum Gasteiger partial charge on any atom is 0.341 e. The molecule has 0 unspecified atom stereocenters. The molecule has 154 valence electrons. The molecule has 3 amide bonds. The Bertz CT molecular complexity index is 828. The van der Waals surface area contributed by atoms with Gasteiger partial charge in [0.1, 0.15) is 12.3 Å². The van der Waals surface area contributed by atoms with Gasteiger partial charge >= 0.3 is 5.97 Å². The number of aliphatic carboxylic acids is 1. The minimum atomic E-state index is -1.07. The molecule has 8 nitrogen and oxygen atoms in total. The van der Waals surface area contributed by atoms with Crippen LogP contribution in [0.1, 0.15) is 31.2 Å². The third-order valence-electron chi connectivity index (χ3n) is 4.67. The fraction of sp³-hybridized carbons (Fsp3) is 0.400. The number of ether oxygens (including phenoxy) is 1. The summed E-state index contributed by atoms with van der Waals surface area (Å²) < 4.78 is 5.06. The van der Waals surface area contributed by atoms with Gasteiger partial charge in [-0.05, 0) is 48.4 Å². The number of amides is 3. The van der Waals surface area contributed by atoms with Crippen LogP contribution in [0.15, 0.2) is 29.2 Å². The average Bonchev–Trinajstić information content (AvgIpc) is 2.90. The molecular formula is C20H22N2O6S. The SMILES string of the molecule is O=C(O)COc1ccc(/C=C2/SC(=O)N(CC(=O)N3CCCCCC3)C2=O)cc1. The summed E-state index contributed by atoms with van der Waals surface area (Å²) in [5.74, 6) is -1.36. The van der Waals surface area contributed by atoms with Gasteiger partial charge in [0.2, 0.25) is 5.91 Å². The van der Waals surface area contributed by atoms with Gasteiger partial charge in [-0.15, -0.1) is 0 Å². The van der Waals surface area contributed by atoms with Crippen molar-refractivity contribution >= 4 is 40.9 Å². The number of carbonyl (C=O) groups excluding carboxylic acids is 3. The van der Waals surface area contributed by atoms with Gasteiger partial charge < -0.3 is 14.7 Å². The second-order valence-electron chi connectivity index (χ2n) is 6.81. The van der Waals surface area contributed by atoms with Gasteiger partial charge in [0.05, 0.1) is 4.91 Å². The number of carbonyl (C=O) groups is 4. The molecule has 0 aromatic heterocycles. The Kier molecular flexibility index (Phi) is 6.92. The van der Waals surface area contributed by atoms with Crippen molar-refractivity contribution in [2.45, 2.75) is 25.7 Å². The highest BCUT2D eigenvalue weighted by atomic mass is 32.2. The summed E-state index contributed by atoms with van der Waals surface area (Å²) in [6.45, 7) is 0.662. The molecule has 2 saturated heterocycles. The van der Waals surface area contributed by atoms with Crippen LogP contribution in [0.3, 0.4) is 0 Å². The van der Waals surface area contributed by atoms with Crippen LogP contribution >= 0.6 is 11.8 Å². The van der Waals surface area contributed by atoms with Crippen molar-refractivity contribution in [1.82, 2.24) is 9.80 Å². The van der Waals surface area contributed by atoms with Gasteiger partial charge in [-0.2, -0.15) is 0 Å². The lowest BCUT2D eigenvalue weighted by Gasteiger charge is -2.22. The Morgan fingerprint density at radius 3 is 2.34 bits per heavy atom. The lowest BCUT2D eigenvalue weighted by atomic mass is 10.2. The molecule has 2 heterocycles. The van der Waals surface area contributed by atoms with Crippen molar-refractivity contribution in [3.8, 4) is 5.75 Å². The quantitative estimate of drug-likeness (QED) is 0.708. The van der Waals surface area contributed by atoms with Crippen molar-refractivity contribution in [2.75, 3.05) is 26.2 Å². The molecule has 9 heteroatoms. The lowest BCUT2D eigenvalue weighted by Crippen LogP contribution is -2.42. The zero-order valence-corrected chi connectivity index (χ0v) is 16.7. The number of hydrogen-bond donors (Lipinski definition) is 1. The first kappa shape index (κ1) is 20.9. The lowest BCUT2D eigenvalue weighted by molar-refractivity contribution is -0.139. The van der Waals surface area contributed by atoms with E-state index in [1.54, 1.807) is 35.2 Å². The number of benzene rings is 1. The van der Waals surface area contributed by atoms with Crippen LogP contribution in [0.2, 0.25) is 0 Å². The monoisotopic (exact) mass is 418 g/mol. The van der Waals surface area contributed by atoms with Crippen LogP contribution in [-0.2, 0) is 14.4 Å². The molecular weight excluding hydrogens is 396 g/mol. The summed E-state index contributed by atoms with van der Waals surface area (Å²) in [7, 11) is 0. The van der Waals surface area contributed by atoms with E-state index in [0.717, 1.165) is 42.3 Å². The van der Waals surface area contributed by atoms with Crippen LogP contribution in [0, 0.1) is 0 Å². The number of hydrogen-bond acceptors (Lipinski definition) is 6. The summed E-state index contributed by atoms with van der Waals surface area (Å²) in [6.07, 6.45) is 5.64. The van der Waals surface area contributed by atoms with E-state index in [4.69, 9.17) is 9.84 Å². The Hall–Kier alpha value is -2.81. The van der Waals surface area contributed by atoms with Gasteiger partial charge in [-0.1, -0.05) is 25.0 Å². The second-order valence-corrected chi connectivity index (χ2v) is 7.81. The van der Waals surface area contributed by atoms with E-state index in [1.165, 1.54) is 0 Å². The van der Waals surface area contributed by atoms with E-state index >= 15 is 0 Å². The highest BCUT2D eigenvalue weighted by Gasteiger charge is 2.37. The third kappa shape index (κ3) is 5.60. The summed E-state index contributed by atoms with van der Waals surface area (Å²) in [5, 5.41) is 8.17. The van der Waals surface area contributed by atoms with Gasteiger partial charge in [0.15, 0.2) is 6.61 Å². The van der Waals surface area contributed by atoms with E-state index in [1.807, 2.05) is 0 Å². The van der Waals surface area contributed by atoms with Crippen molar-refractivity contribution in [1.29, 1.82) is 0 Å². The zero-order chi connectivity index (χ0) is 20.8. The second kappa shape index (κ2) is 9.60. The standard InChI is InChI=1S/C20H22N2O6S/c23-17(21-9-3-1-2-4-10-21)12-22-19(26)16(29-20(22)27)11-14-5-7-15(8-6-14)28-13-18(24)25/h5-8,11H,1-4,9-10,12-13H2,(H,24,25)/b16-11+. The minimum absolute atomic E-state index is 0.199. The van der Waals surface area contributed by atoms with Gasteiger partial charge in [0.25, 0.3) is 11.1 Å². The molecule has 0 saturated carbocycles. The number of thioether (sulfide) groups is 1. The zero-order valence-electron chi connectivity index (χ0n) is 15.8. The molecule has 0 aliphatic carbocycles. The number of imide groups is 1. The summed E-state index contributed by atoms with van der Waals surface area (Å²) in [5.41, 5.74) is 0.664. The molecule has 0 bridgehead atoms. The first-order chi connectivity index (χ1) is 13.9. The number of nitrogens with zero attached hydrogens (tertiary/aromatic N) is 2. The highest BCUT2D eigenvalue weighted by molar-refractivity contribution is 8.18.